The minimum absolute atomic E-state index is 0.0250. The summed E-state index contributed by atoms with van der Waals surface area (Å²) in [4.78, 5) is 42.1. The molecule has 0 unspecified atom stereocenters. The number of imide groups is 1. The lowest BCUT2D eigenvalue weighted by atomic mass is 9.64. The standard InChI is InChI=1S/C25H36N4O3/c1-17-12-24(3,4)16-25(13-17)22(31)29(23(32)27-25)15-21(30)26-20-10-11-28(14-20)18(2)19-8-6-5-7-9-19/h5-9,17-18,20H,10-16H2,1-4H3,(H,26,30)(H,27,32)/t17-,18+,20+,25+/m1/s1. The third kappa shape index (κ3) is 4.53. The molecular weight excluding hydrogens is 404 g/mol. The maximum atomic E-state index is 13.3. The van der Waals surface area contributed by atoms with Crippen molar-refractivity contribution in [3.8, 4) is 0 Å². The third-order valence-corrected chi connectivity index (χ3v) is 7.34. The Kier molecular flexibility index (Phi) is 6.05. The van der Waals surface area contributed by atoms with Crippen molar-refractivity contribution in [1.29, 1.82) is 0 Å². The van der Waals surface area contributed by atoms with Crippen LogP contribution >= 0.6 is 0 Å². The average Bonchev–Trinajstić information content (AvgIpc) is 3.25. The minimum atomic E-state index is -0.867. The van der Waals surface area contributed by atoms with Gasteiger partial charge in [-0.05, 0) is 49.5 Å². The highest BCUT2D eigenvalue weighted by Crippen LogP contribution is 2.46. The largest absolute Gasteiger partial charge is 0.350 e. The summed E-state index contributed by atoms with van der Waals surface area (Å²) in [5, 5.41) is 5.99. The van der Waals surface area contributed by atoms with Crippen molar-refractivity contribution in [2.45, 2.75) is 71.0 Å². The van der Waals surface area contributed by atoms with Crippen LogP contribution in [0.4, 0.5) is 4.79 Å². The highest BCUT2D eigenvalue weighted by Gasteiger charge is 2.56. The van der Waals surface area contributed by atoms with Crippen molar-refractivity contribution < 1.29 is 14.4 Å². The number of amides is 4. The summed E-state index contributed by atoms with van der Waals surface area (Å²) in [6.07, 6.45) is 3.13. The molecule has 1 aromatic carbocycles. The van der Waals surface area contributed by atoms with Gasteiger partial charge in [-0.25, -0.2) is 4.79 Å². The summed E-state index contributed by atoms with van der Waals surface area (Å²) in [5.41, 5.74) is 0.365. The predicted molar refractivity (Wildman–Crippen MR) is 123 cm³/mol. The maximum absolute atomic E-state index is 13.3. The Hall–Kier alpha value is -2.41. The number of urea groups is 1. The second-order valence-electron chi connectivity index (χ2n) is 10.9. The molecule has 7 heteroatoms. The van der Waals surface area contributed by atoms with E-state index >= 15 is 0 Å². The van der Waals surface area contributed by atoms with Crippen LogP contribution in [-0.4, -0.2) is 58.9 Å². The van der Waals surface area contributed by atoms with Gasteiger partial charge in [0.05, 0.1) is 0 Å². The van der Waals surface area contributed by atoms with Crippen LogP contribution in [-0.2, 0) is 9.59 Å². The normalized spacial score (nSPS) is 31.1. The molecule has 4 amide bonds. The quantitative estimate of drug-likeness (QED) is 0.690. The van der Waals surface area contributed by atoms with Crippen LogP contribution < -0.4 is 10.6 Å². The molecule has 0 bridgehead atoms. The summed E-state index contributed by atoms with van der Waals surface area (Å²) in [6.45, 7) is 10.0. The first-order valence-electron chi connectivity index (χ1n) is 11.8. The Morgan fingerprint density at radius 3 is 2.62 bits per heavy atom. The van der Waals surface area contributed by atoms with E-state index in [0.717, 1.165) is 30.8 Å². The zero-order valence-corrected chi connectivity index (χ0v) is 19.7. The second-order valence-corrected chi connectivity index (χ2v) is 10.9. The molecule has 0 radical (unpaired) electrons. The molecule has 2 saturated heterocycles. The van der Waals surface area contributed by atoms with Gasteiger partial charge in [-0.15, -0.1) is 0 Å². The van der Waals surface area contributed by atoms with Gasteiger partial charge in [0, 0.05) is 25.2 Å². The van der Waals surface area contributed by atoms with Crippen LogP contribution in [0.25, 0.3) is 0 Å². The zero-order valence-electron chi connectivity index (χ0n) is 19.7. The van der Waals surface area contributed by atoms with E-state index in [-0.39, 0.29) is 35.9 Å². The molecule has 0 aromatic heterocycles. The van der Waals surface area contributed by atoms with Crippen molar-refractivity contribution >= 4 is 17.8 Å². The molecule has 3 aliphatic rings. The van der Waals surface area contributed by atoms with Gasteiger partial charge in [-0.3, -0.25) is 19.4 Å². The van der Waals surface area contributed by atoms with Crippen molar-refractivity contribution in [3.63, 3.8) is 0 Å². The van der Waals surface area contributed by atoms with Crippen molar-refractivity contribution in [2.24, 2.45) is 11.3 Å². The zero-order chi connectivity index (χ0) is 23.1. The van der Waals surface area contributed by atoms with Crippen LogP contribution in [0.5, 0.6) is 0 Å². The first kappa shape index (κ1) is 22.8. The Labute approximate surface area is 190 Å². The fourth-order valence-corrected chi connectivity index (χ4v) is 6.27. The highest BCUT2D eigenvalue weighted by atomic mass is 16.2. The topological polar surface area (TPSA) is 81.8 Å². The molecule has 2 N–H and O–H groups in total. The summed E-state index contributed by atoms with van der Waals surface area (Å²) >= 11 is 0. The first-order valence-corrected chi connectivity index (χ1v) is 11.8. The fraction of sp³-hybridized carbons (Fsp3) is 0.640. The third-order valence-electron chi connectivity index (χ3n) is 7.34. The Morgan fingerprint density at radius 1 is 1.22 bits per heavy atom. The van der Waals surface area contributed by atoms with Crippen LogP contribution in [0.15, 0.2) is 30.3 Å². The van der Waals surface area contributed by atoms with Crippen molar-refractivity contribution in [2.75, 3.05) is 19.6 Å². The number of nitrogens with one attached hydrogen (secondary N) is 2. The number of carbonyl (C=O) groups excluding carboxylic acids is 3. The van der Waals surface area contributed by atoms with E-state index in [2.05, 4.69) is 55.4 Å². The van der Waals surface area contributed by atoms with Gasteiger partial charge in [0.15, 0.2) is 0 Å². The molecule has 32 heavy (non-hydrogen) atoms. The summed E-state index contributed by atoms with van der Waals surface area (Å²) < 4.78 is 0. The van der Waals surface area contributed by atoms with Gasteiger partial charge in [-0.1, -0.05) is 51.1 Å². The van der Waals surface area contributed by atoms with E-state index in [1.807, 2.05) is 18.2 Å². The maximum Gasteiger partial charge on any atom is 0.325 e. The van der Waals surface area contributed by atoms with E-state index in [0.29, 0.717) is 18.8 Å². The van der Waals surface area contributed by atoms with Gasteiger partial charge in [0.1, 0.15) is 12.1 Å². The van der Waals surface area contributed by atoms with Crippen molar-refractivity contribution in [3.05, 3.63) is 35.9 Å². The van der Waals surface area contributed by atoms with Crippen LogP contribution in [0, 0.1) is 11.3 Å². The van der Waals surface area contributed by atoms with Crippen LogP contribution in [0.3, 0.4) is 0 Å². The van der Waals surface area contributed by atoms with Crippen molar-refractivity contribution in [1.82, 2.24) is 20.4 Å². The molecule has 2 heterocycles. The molecule has 2 aliphatic heterocycles. The number of carbonyl (C=O) groups is 3. The molecule has 4 atom stereocenters. The monoisotopic (exact) mass is 440 g/mol. The first-order chi connectivity index (χ1) is 15.1. The summed E-state index contributed by atoms with van der Waals surface area (Å²) in [6, 6.07) is 10.2. The van der Waals surface area contributed by atoms with E-state index in [1.165, 1.54) is 5.56 Å². The lowest BCUT2D eigenvalue weighted by Crippen LogP contribution is -2.54. The van der Waals surface area contributed by atoms with Gasteiger partial charge >= 0.3 is 6.03 Å². The average molecular weight is 441 g/mol. The summed E-state index contributed by atoms with van der Waals surface area (Å²) in [7, 11) is 0. The lowest BCUT2D eigenvalue weighted by Gasteiger charge is -2.43. The molecule has 1 saturated carbocycles. The lowest BCUT2D eigenvalue weighted by molar-refractivity contribution is -0.137. The molecule has 1 aliphatic carbocycles. The molecule has 1 aromatic rings. The van der Waals surface area contributed by atoms with E-state index in [9.17, 15) is 14.4 Å². The number of nitrogens with zero attached hydrogens (tertiary/aromatic N) is 2. The van der Waals surface area contributed by atoms with E-state index in [4.69, 9.17) is 0 Å². The number of rotatable bonds is 5. The molecule has 1 spiro atoms. The van der Waals surface area contributed by atoms with Gasteiger partial charge < -0.3 is 10.6 Å². The predicted octanol–water partition coefficient (Wildman–Crippen LogP) is 3.07. The summed E-state index contributed by atoms with van der Waals surface area (Å²) in [5.74, 6) is -0.177. The smallest absolute Gasteiger partial charge is 0.325 e. The van der Waals surface area contributed by atoms with E-state index in [1.54, 1.807) is 0 Å². The van der Waals surface area contributed by atoms with Gasteiger partial charge in [-0.2, -0.15) is 0 Å². The minimum Gasteiger partial charge on any atom is -0.350 e. The highest BCUT2D eigenvalue weighted by molar-refractivity contribution is 6.09. The number of benzene rings is 1. The Morgan fingerprint density at radius 2 is 1.94 bits per heavy atom. The van der Waals surface area contributed by atoms with E-state index < -0.39 is 11.6 Å². The molecule has 4 rings (SSSR count). The number of hydrogen-bond donors (Lipinski definition) is 2. The van der Waals surface area contributed by atoms with Gasteiger partial charge in [0.2, 0.25) is 5.91 Å². The van der Waals surface area contributed by atoms with Crippen LogP contribution in [0.2, 0.25) is 0 Å². The Bertz CT molecular complexity index is 886. The van der Waals surface area contributed by atoms with Gasteiger partial charge in [0.25, 0.3) is 5.91 Å². The molecule has 3 fully saturated rings. The fourth-order valence-electron chi connectivity index (χ4n) is 6.27. The number of hydrogen-bond acceptors (Lipinski definition) is 4. The molecule has 174 valence electrons. The second kappa shape index (κ2) is 8.50. The molecule has 7 nitrogen and oxygen atoms in total. The molecular formula is C25H36N4O3. The number of likely N-dealkylation sites (tertiary alicyclic amines) is 1. The Balaban J connectivity index is 1.34. The SMILES string of the molecule is C[C@@H]1CC(C)(C)C[C@]2(C1)NC(=O)N(CC(=O)N[C@H]1CCN([C@@H](C)c3ccccc3)C1)C2=O. The van der Waals surface area contributed by atoms with Crippen LogP contribution in [0.1, 0.15) is 65.0 Å².